The number of ether oxygens (including phenoxy) is 1. The Kier molecular flexibility index (Phi) is 6.18. The van der Waals surface area contributed by atoms with Gasteiger partial charge in [0.05, 0.1) is 19.3 Å². The quantitative estimate of drug-likeness (QED) is 0.710. The number of rotatable bonds is 7. The zero-order valence-corrected chi connectivity index (χ0v) is 12.1. The Balaban J connectivity index is 2.34. The summed E-state index contributed by atoms with van der Waals surface area (Å²) in [6.45, 7) is 6.21. The van der Waals surface area contributed by atoms with E-state index < -0.39 is 0 Å². The number of carbonyl (C=O) groups is 1. The van der Waals surface area contributed by atoms with Crippen molar-refractivity contribution in [3.8, 4) is 0 Å². The zero-order valence-electron chi connectivity index (χ0n) is 11.3. The Bertz CT molecular complexity index is 379. The van der Waals surface area contributed by atoms with Crippen molar-refractivity contribution in [2.45, 2.75) is 44.6 Å². The van der Waals surface area contributed by atoms with E-state index >= 15 is 0 Å². The molecule has 1 aromatic heterocycles. The third-order valence-corrected chi connectivity index (χ3v) is 3.42. The summed E-state index contributed by atoms with van der Waals surface area (Å²) in [7, 11) is 1.40. The Morgan fingerprint density at radius 1 is 1.44 bits per heavy atom. The molecule has 1 heterocycles. The lowest BCUT2D eigenvalue weighted by molar-refractivity contribution is -0.140. The molecular weight excluding hydrogens is 252 g/mol. The first-order valence-electron chi connectivity index (χ1n) is 6.01. The molecule has 0 saturated carbocycles. The highest BCUT2D eigenvalue weighted by Gasteiger charge is 2.13. The molecule has 102 valence electrons. The van der Waals surface area contributed by atoms with Crippen LogP contribution >= 0.6 is 11.8 Å². The van der Waals surface area contributed by atoms with Crippen LogP contribution in [0.15, 0.2) is 4.52 Å². The maximum atomic E-state index is 11.1. The summed E-state index contributed by atoms with van der Waals surface area (Å²) in [5, 5.41) is 4.10. The molecule has 0 amide bonds. The van der Waals surface area contributed by atoms with Crippen LogP contribution in [0.5, 0.6) is 0 Å². The molecule has 0 spiro atoms. The van der Waals surface area contributed by atoms with Crippen molar-refractivity contribution in [2.24, 2.45) is 5.92 Å². The molecule has 0 N–H and O–H groups in total. The van der Waals surface area contributed by atoms with Crippen LogP contribution in [-0.4, -0.2) is 28.5 Å². The third-order valence-electron chi connectivity index (χ3n) is 2.27. The van der Waals surface area contributed by atoms with E-state index in [-0.39, 0.29) is 11.2 Å². The van der Waals surface area contributed by atoms with Crippen LogP contribution in [0.2, 0.25) is 0 Å². The van der Waals surface area contributed by atoms with Crippen molar-refractivity contribution in [3.63, 3.8) is 0 Å². The van der Waals surface area contributed by atoms with Crippen molar-refractivity contribution < 1.29 is 14.1 Å². The molecule has 5 nitrogen and oxygen atoms in total. The summed E-state index contributed by atoms with van der Waals surface area (Å²) in [4.78, 5) is 15.4. The molecule has 0 saturated heterocycles. The molecule has 18 heavy (non-hydrogen) atoms. The monoisotopic (exact) mass is 272 g/mol. The summed E-state index contributed by atoms with van der Waals surface area (Å²) < 4.78 is 9.77. The minimum Gasteiger partial charge on any atom is -0.469 e. The fraction of sp³-hybridized carbons (Fsp3) is 0.750. The van der Waals surface area contributed by atoms with Crippen LogP contribution in [0.4, 0.5) is 0 Å². The van der Waals surface area contributed by atoms with Gasteiger partial charge in [-0.25, -0.2) is 0 Å². The molecule has 0 fully saturated rings. The van der Waals surface area contributed by atoms with E-state index in [1.54, 1.807) is 11.8 Å². The minimum atomic E-state index is -0.193. The maximum absolute atomic E-state index is 11.1. The van der Waals surface area contributed by atoms with Gasteiger partial charge < -0.3 is 9.26 Å². The second-order valence-electron chi connectivity index (χ2n) is 4.60. The molecule has 1 atom stereocenters. The van der Waals surface area contributed by atoms with Gasteiger partial charge in [0.1, 0.15) is 0 Å². The average Bonchev–Trinajstić information content (AvgIpc) is 2.73. The zero-order chi connectivity index (χ0) is 13.5. The second-order valence-corrected chi connectivity index (χ2v) is 6.03. The van der Waals surface area contributed by atoms with E-state index in [2.05, 4.69) is 28.7 Å². The lowest BCUT2D eigenvalue weighted by Gasteiger charge is -2.07. The molecule has 1 rings (SSSR count). The molecule has 6 heteroatoms. The summed E-state index contributed by atoms with van der Waals surface area (Å²) in [6.07, 6.45) is 1.22. The maximum Gasteiger partial charge on any atom is 0.306 e. The lowest BCUT2D eigenvalue weighted by Crippen LogP contribution is -2.08. The lowest BCUT2D eigenvalue weighted by atomic mass is 10.1. The predicted octanol–water partition coefficient (Wildman–Crippen LogP) is 2.45. The van der Waals surface area contributed by atoms with Gasteiger partial charge in [-0.15, -0.1) is 11.8 Å². The van der Waals surface area contributed by atoms with Gasteiger partial charge in [-0.1, -0.05) is 25.9 Å². The number of thioether (sulfide) groups is 1. The molecular formula is C12H20N2O3S. The molecule has 0 bridgehead atoms. The first kappa shape index (κ1) is 15.0. The van der Waals surface area contributed by atoms with E-state index in [0.717, 1.165) is 12.2 Å². The van der Waals surface area contributed by atoms with E-state index in [1.165, 1.54) is 7.11 Å². The Morgan fingerprint density at radius 2 is 2.17 bits per heavy atom. The fourth-order valence-corrected chi connectivity index (χ4v) is 2.19. The third kappa shape index (κ3) is 5.53. The van der Waals surface area contributed by atoms with Gasteiger partial charge in [-0.3, -0.25) is 4.79 Å². The van der Waals surface area contributed by atoms with Gasteiger partial charge >= 0.3 is 5.97 Å². The topological polar surface area (TPSA) is 65.2 Å². The minimum absolute atomic E-state index is 0.179. The Hall–Kier alpha value is -1.04. The summed E-state index contributed by atoms with van der Waals surface area (Å²) in [6, 6.07) is 0. The van der Waals surface area contributed by atoms with Crippen molar-refractivity contribution in [2.75, 3.05) is 7.11 Å². The summed E-state index contributed by atoms with van der Waals surface area (Å²) >= 11 is 1.61. The second kappa shape index (κ2) is 7.41. The molecule has 1 unspecified atom stereocenters. The van der Waals surface area contributed by atoms with Crippen LogP contribution in [0.3, 0.4) is 0 Å². The van der Waals surface area contributed by atoms with E-state index in [1.807, 2.05) is 6.92 Å². The average molecular weight is 272 g/mol. The fourth-order valence-electron chi connectivity index (χ4n) is 1.39. The van der Waals surface area contributed by atoms with Crippen molar-refractivity contribution in [1.82, 2.24) is 10.1 Å². The standard InChI is InChI=1S/C12H20N2O3S/c1-8(2)5-10-13-11(17-14-10)7-18-9(3)6-12(15)16-4/h8-9H,5-7H2,1-4H3. The highest BCUT2D eigenvalue weighted by atomic mass is 32.2. The van der Waals surface area contributed by atoms with Crippen molar-refractivity contribution in [1.29, 1.82) is 0 Å². The Labute approximate surface area is 112 Å². The number of aromatic nitrogens is 2. The number of hydrogen-bond acceptors (Lipinski definition) is 6. The number of hydrogen-bond donors (Lipinski definition) is 0. The van der Waals surface area contributed by atoms with E-state index in [4.69, 9.17) is 4.52 Å². The van der Waals surface area contributed by atoms with Gasteiger partial charge in [0.2, 0.25) is 5.89 Å². The molecule has 0 aliphatic rings. The molecule has 0 radical (unpaired) electrons. The van der Waals surface area contributed by atoms with Gasteiger partial charge in [-0.05, 0) is 5.92 Å². The SMILES string of the molecule is COC(=O)CC(C)SCc1nc(CC(C)C)no1. The predicted molar refractivity (Wildman–Crippen MR) is 70.2 cm³/mol. The van der Waals surface area contributed by atoms with Crippen molar-refractivity contribution >= 4 is 17.7 Å². The molecule has 0 aliphatic carbocycles. The summed E-state index contributed by atoms with van der Waals surface area (Å²) in [5.74, 6) is 2.32. The molecule has 1 aromatic rings. The highest BCUT2D eigenvalue weighted by molar-refractivity contribution is 7.99. The van der Waals surface area contributed by atoms with Gasteiger partial charge in [0.25, 0.3) is 0 Å². The van der Waals surface area contributed by atoms with Crippen LogP contribution < -0.4 is 0 Å². The summed E-state index contributed by atoms with van der Waals surface area (Å²) in [5.41, 5.74) is 0. The normalized spacial score (nSPS) is 12.7. The number of nitrogens with zero attached hydrogens (tertiary/aromatic N) is 2. The van der Waals surface area contributed by atoms with Crippen LogP contribution in [-0.2, 0) is 21.7 Å². The number of esters is 1. The first-order valence-corrected chi connectivity index (χ1v) is 7.06. The van der Waals surface area contributed by atoms with Crippen LogP contribution in [0.25, 0.3) is 0 Å². The van der Waals surface area contributed by atoms with Gasteiger partial charge in [-0.2, -0.15) is 4.98 Å². The smallest absolute Gasteiger partial charge is 0.306 e. The van der Waals surface area contributed by atoms with Gasteiger partial charge in [0.15, 0.2) is 5.82 Å². The van der Waals surface area contributed by atoms with E-state index in [0.29, 0.717) is 24.0 Å². The van der Waals surface area contributed by atoms with Crippen molar-refractivity contribution in [3.05, 3.63) is 11.7 Å². The van der Waals surface area contributed by atoms with Crippen LogP contribution in [0, 0.1) is 5.92 Å². The highest BCUT2D eigenvalue weighted by Crippen LogP contribution is 2.19. The van der Waals surface area contributed by atoms with Gasteiger partial charge in [0, 0.05) is 11.7 Å². The van der Waals surface area contributed by atoms with Crippen LogP contribution in [0.1, 0.15) is 38.9 Å². The number of carbonyl (C=O) groups excluding carboxylic acids is 1. The first-order chi connectivity index (χ1) is 8.51. The largest absolute Gasteiger partial charge is 0.469 e. The van der Waals surface area contributed by atoms with E-state index in [9.17, 15) is 4.79 Å². The molecule has 0 aliphatic heterocycles. The molecule has 0 aromatic carbocycles. The number of methoxy groups -OCH3 is 1. The Morgan fingerprint density at radius 3 is 2.78 bits per heavy atom.